The molecule has 1 unspecified atom stereocenters. The molecule has 1 aromatic rings. The molecule has 2 heteroatoms. The van der Waals surface area contributed by atoms with E-state index in [-0.39, 0.29) is 12.6 Å². The summed E-state index contributed by atoms with van der Waals surface area (Å²) in [5, 5.41) is 12.5. The maximum atomic E-state index is 9.06. The molecule has 0 fully saturated rings. The summed E-state index contributed by atoms with van der Waals surface area (Å²) < 4.78 is 0. The summed E-state index contributed by atoms with van der Waals surface area (Å²) in [6.07, 6.45) is 2.98. The zero-order chi connectivity index (χ0) is 11.8. The topological polar surface area (TPSA) is 32.3 Å². The fraction of sp³-hybridized carbons (Fsp3) is 0.571. The number of nitrogens with one attached hydrogen (secondary N) is 1. The summed E-state index contributed by atoms with van der Waals surface area (Å²) in [4.78, 5) is 0. The second kappa shape index (κ2) is 7.42. The van der Waals surface area contributed by atoms with Crippen LogP contribution in [0.2, 0.25) is 0 Å². The molecule has 2 nitrogen and oxygen atoms in total. The molecule has 0 amide bonds. The molecule has 0 saturated heterocycles. The van der Waals surface area contributed by atoms with Gasteiger partial charge in [0.05, 0.1) is 0 Å². The van der Waals surface area contributed by atoms with Crippen molar-refractivity contribution < 1.29 is 5.11 Å². The van der Waals surface area contributed by atoms with Crippen LogP contribution in [0.3, 0.4) is 0 Å². The van der Waals surface area contributed by atoms with E-state index in [1.165, 1.54) is 11.1 Å². The van der Waals surface area contributed by atoms with Gasteiger partial charge in [0.15, 0.2) is 0 Å². The van der Waals surface area contributed by atoms with Crippen LogP contribution in [0.1, 0.15) is 43.9 Å². The molecule has 0 spiro atoms. The number of rotatable bonds is 7. The quantitative estimate of drug-likeness (QED) is 0.742. The molecule has 0 aliphatic heterocycles. The molecule has 90 valence electrons. The van der Waals surface area contributed by atoms with Crippen LogP contribution in [-0.2, 0) is 6.42 Å². The molecule has 0 radical (unpaired) electrons. The van der Waals surface area contributed by atoms with Gasteiger partial charge in [0.2, 0.25) is 0 Å². The third-order valence-electron chi connectivity index (χ3n) is 2.85. The van der Waals surface area contributed by atoms with Crippen molar-refractivity contribution in [2.75, 3.05) is 13.2 Å². The van der Waals surface area contributed by atoms with Gasteiger partial charge in [0.25, 0.3) is 0 Å². The standard InChI is InChI=1S/C14H23NO/c1-3-10-15-14(9-11-16)13-7-5-12(4-2)6-8-13/h5-8,14-16H,3-4,9-11H2,1-2H3. The molecule has 16 heavy (non-hydrogen) atoms. The summed E-state index contributed by atoms with van der Waals surface area (Å²) in [6, 6.07) is 8.97. The van der Waals surface area contributed by atoms with Gasteiger partial charge >= 0.3 is 0 Å². The van der Waals surface area contributed by atoms with Crippen LogP contribution in [0.25, 0.3) is 0 Å². The largest absolute Gasteiger partial charge is 0.396 e. The van der Waals surface area contributed by atoms with E-state index in [0.717, 1.165) is 25.8 Å². The summed E-state index contributed by atoms with van der Waals surface area (Å²) >= 11 is 0. The van der Waals surface area contributed by atoms with E-state index in [4.69, 9.17) is 5.11 Å². The summed E-state index contributed by atoms with van der Waals surface area (Å²) in [7, 11) is 0. The highest BCUT2D eigenvalue weighted by molar-refractivity contribution is 5.25. The molecule has 1 rings (SSSR count). The van der Waals surface area contributed by atoms with Gasteiger partial charge in [-0.2, -0.15) is 0 Å². The number of benzene rings is 1. The van der Waals surface area contributed by atoms with E-state index in [1.807, 2.05) is 0 Å². The lowest BCUT2D eigenvalue weighted by atomic mass is 10.0. The lowest BCUT2D eigenvalue weighted by Crippen LogP contribution is -2.23. The molecule has 0 bridgehead atoms. The minimum absolute atomic E-state index is 0.233. The number of aliphatic hydroxyl groups is 1. The van der Waals surface area contributed by atoms with Crippen molar-refractivity contribution in [1.29, 1.82) is 0 Å². The zero-order valence-corrected chi connectivity index (χ0v) is 10.4. The maximum absolute atomic E-state index is 9.06. The number of aryl methyl sites for hydroxylation is 1. The first-order valence-corrected chi connectivity index (χ1v) is 6.24. The Morgan fingerprint density at radius 2 is 1.88 bits per heavy atom. The SMILES string of the molecule is CCCNC(CCO)c1ccc(CC)cc1. The van der Waals surface area contributed by atoms with Crippen LogP contribution in [0.5, 0.6) is 0 Å². The predicted octanol–water partition coefficient (Wildman–Crippen LogP) is 2.67. The van der Waals surface area contributed by atoms with Gasteiger partial charge in [-0.3, -0.25) is 0 Å². The Balaban J connectivity index is 2.67. The molecule has 2 N–H and O–H groups in total. The lowest BCUT2D eigenvalue weighted by molar-refractivity contribution is 0.265. The molecule has 0 aliphatic carbocycles. The Morgan fingerprint density at radius 1 is 1.19 bits per heavy atom. The second-order valence-corrected chi connectivity index (χ2v) is 4.11. The normalized spacial score (nSPS) is 12.7. The third-order valence-corrected chi connectivity index (χ3v) is 2.85. The van der Waals surface area contributed by atoms with E-state index >= 15 is 0 Å². The average molecular weight is 221 g/mol. The van der Waals surface area contributed by atoms with Gasteiger partial charge < -0.3 is 10.4 Å². The predicted molar refractivity (Wildman–Crippen MR) is 68.6 cm³/mol. The van der Waals surface area contributed by atoms with E-state index in [2.05, 4.69) is 43.4 Å². The summed E-state index contributed by atoms with van der Waals surface area (Å²) in [5.41, 5.74) is 2.64. The van der Waals surface area contributed by atoms with Crippen LogP contribution >= 0.6 is 0 Å². The van der Waals surface area contributed by atoms with Gasteiger partial charge in [-0.15, -0.1) is 0 Å². The number of hydrogen-bond acceptors (Lipinski definition) is 2. The summed E-state index contributed by atoms with van der Waals surface area (Å²) in [5.74, 6) is 0. The first kappa shape index (κ1) is 13.2. The Kier molecular flexibility index (Phi) is 6.12. The Bertz CT molecular complexity index is 281. The highest BCUT2D eigenvalue weighted by Gasteiger charge is 2.09. The highest BCUT2D eigenvalue weighted by atomic mass is 16.3. The molecule has 1 aromatic carbocycles. The van der Waals surface area contributed by atoms with Gasteiger partial charge in [-0.05, 0) is 36.9 Å². The Labute approximate surface area is 98.7 Å². The minimum atomic E-state index is 0.233. The molecule has 0 saturated carbocycles. The molecular formula is C14H23NO. The van der Waals surface area contributed by atoms with Crippen molar-refractivity contribution in [2.24, 2.45) is 0 Å². The van der Waals surface area contributed by atoms with Crippen LogP contribution in [0.4, 0.5) is 0 Å². The van der Waals surface area contributed by atoms with Crippen molar-refractivity contribution in [3.05, 3.63) is 35.4 Å². The first-order valence-electron chi connectivity index (χ1n) is 6.24. The fourth-order valence-corrected chi connectivity index (χ4v) is 1.82. The van der Waals surface area contributed by atoms with Crippen molar-refractivity contribution >= 4 is 0 Å². The van der Waals surface area contributed by atoms with E-state index < -0.39 is 0 Å². The molecule has 0 heterocycles. The summed E-state index contributed by atoms with van der Waals surface area (Å²) in [6.45, 7) is 5.55. The van der Waals surface area contributed by atoms with Crippen molar-refractivity contribution in [2.45, 2.75) is 39.2 Å². The second-order valence-electron chi connectivity index (χ2n) is 4.11. The van der Waals surface area contributed by atoms with Crippen LogP contribution < -0.4 is 5.32 Å². The van der Waals surface area contributed by atoms with E-state index in [9.17, 15) is 0 Å². The zero-order valence-electron chi connectivity index (χ0n) is 10.4. The molecule has 0 aromatic heterocycles. The van der Waals surface area contributed by atoms with Crippen LogP contribution in [0, 0.1) is 0 Å². The van der Waals surface area contributed by atoms with Gasteiger partial charge in [0, 0.05) is 12.6 Å². The van der Waals surface area contributed by atoms with Crippen LogP contribution in [-0.4, -0.2) is 18.3 Å². The van der Waals surface area contributed by atoms with Crippen molar-refractivity contribution in [3.8, 4) is 0 Å². The van der Waals surface area contributed by atoms with Crippen molar-refractivity contribution in [3.63, 3.8) is 0 Å². The minimum Gasteiger partial charge on any atom is -0.396 e. The van der Waals surface area contributed by atoms with E-state index in [1.54, 1.807) is 0 Å². The average Bonchev–Trinajstić information content (AvgIpc) is 2.35. The van der Waals surface area contributed by atoms with Crippen LogP contribution in [0.15, 0.2) is 24.3 Å². The fourth-order valence-electron chi connectivity index (χ4n) is 1.82. The smallest absolute Gasteiger partial charge is 0.0449 e. The maximum Gasteiger partial charge on any atom is 0.0449 e. The van der Waals surface area contributed by atoms with Crippen molar-refractivity contribution in [1.82, 2.24) is 5.32 Å². The number of hydrogen-bond donors (Lipinski definition) is 2. The molecular weight excluding hydrogens is 198 g/mol. The molecule has 1 atom stereocenters. The third kappa shape index (κ3) is 3.95. The highest BCUT2D eigenvalue weighted by Crippen LogP contribution is 2.17. The monoisotopic (exact) mass is 221 g/mol. The lowest BCUT2D eigenvalue weighted by Gasteiger charge is -2.18. The van der Waals surface area contributed by atoms with Gasteiger partial charge in [0.1, 0.15) is 0 Å². The van der Waals surface area contributed by atoms with Gasteiger partial charge in [-0.25, -0.2) is 0 Å². The first-order chi connectivity index (χ1) is 7.81. The van der Waals surface area contributed by atoms with Gasteiger partial charge in [-0.1, -0.05) is 38.1 Å². The number of aliphatic hydroxyl groups excluding tert-OH is 1. The molecule has 0 aliphatic rings. The Hall–Kier alpha value is -0.860. The Morgan fingerprint density at radius 3 is 2.38 bits per heavy atom. The van der Waals surface area contributed by atoms with E-state index in [0.29, 0.717) is 0 Å².